The van der Waals surface area contributed by atoms with Gasteiger partial charge < -0.3 is 5.73 Å². The maximum Gasteiger partial charge on any atom is 0.258 e. The van der Waals surface area contributed by atoms with Crippen molar-refractivity contribution in [1.29, 1.82) is 0 Å². The molecule has 0 aliphatic heterocycles. The Balaban J connectivity index is 2.26. The van der Waals surface area contributed by atoms with Gasteiger partial charge in [-0.25, -0.2) is 17.8 Å². The normalized spacial score (nSPS) is 11.9. The summed E-state index contributed by atoms with van der Waals surface area (Å²) in [6, 6.07) is 2.62. The second kappa shape index (κ2) is 4.41. The first-order valence-corrected chi connectivity index (χ1v) is 7.46. The summed E-state index contributed by atoms with van der Waals surface area (Å²) < 4.78 is 37.6. The lowest BCUT2D eigenvalue weighted by atomic mass is 10.3. The quantitative estimate of drug-likeness (QED) is 0.683. The Morgan fingerprint density at radius 1 is 1.29 bits per heavy atom. The summed E-state index contributed by atoms with van der Waals surface area (Å²) in [5, 5.41) is 3.45. The van der Waals surface area contributed by atoms with E-state index < -0.39 is 20.8 Å². The highest BCUT2D eigenvalue weighted by molar-refractivity contribution is 7.90. The Bertz CT molecular complexity index is 953. The Kier molecular flexibility index (Phi) is 2.79. The fraction of sp³-hybridized carbons (Fsp3) is 0.100. The maximum atomic E-state index is 13.7. The summed E-state index contributed by atoms with van der Waals surface area (Å²) in [5.41, 5.74) is 5.52. The van der Waals surface area contributed by atoms with E-state index in [1.807, 2.05) is 0 Å². The molecule has 0 spiro atoms. The fourth-order valence-electron chi connectivity index (χ4n) is 1.60. The van der Waals surface area contributed by atoms with Crippen molar-refractivity contribution in [3.8, 4) is 11.5 Å². The van der Waals surface area contributed by atoms with Gasteiger partial charge >= 0.3 is 0 Å². The number of nitrogens with zero attached hydrogens (tertiary/aromatic N) is 6. The molecule has 108 valence electrons. The number of hydrogen-bond acceptors (Lipinski definition) is 8. The van der Waals surface area contributed by atoms with E-state index in [9.17, 15) is 12.8 Å². The number of rotatable bonds is 2. The topological polar surface area (TPSA) is 129 Å². The molecule has 0 aliphatic carbocycles. The largest absolute Gasteiger partial charge is 0.368 e. The summed E-state index contributed by atoms with van der Waals surface area (Å²) in [5.74, 6) is -1.03. The van der Waals surface area contributed by atoms with E-state index in [2.05, 4.69) is 25.0 Å². The van der Waals surface area contributed by atoms with Crippen LogP contribution in [-0.4, -0.2) is 44.2 Å². The molecule has 2 N–H and O–H groups in total. The fourth-order valence-corrected chi connectivity index (χ4v) is 2.11. The molecule has 0 amide bonds. The van der Waals surface area contributed by atoms with Crippen molar-refractivity contribution in [2.24, 2.45) is 0 Å². The van der Waals surface area contributed by atoms with Crippen LogP contribution in [-0.2, 0) is 9.84 Å². The predicted molar refractivity (Wildman–Crippen MR) is 69.3 cm³/mol. The molecule has 0 aliphatic rings. The molecule has 0 saturated carbocycles. The van der Waals surface area contributed by atoms with Crippen LogP contribution in [0.1, 0.15) is 0 Å². The Labute approximate surface area is 117 Å². The number of nitrogens with two attached hydrogens (primary N) is 1. The molecule has 9 nitrogen and oxygen atoms in total. The van der Waals surface area contributed by atoms with E-state index in [0.717, 1.165) is 10.8 Å². The summed E-state index contributed by atoms with van der Waals surface area (Å²) in [6.45, 7) is 0. The van der Waals surface area contributed by atoms with Crippen LogP contribution in [0.25, 0.3) is 17.3 Å². The van der Waals surface area contributed by atoms with Gasteiger partial charge in [0, 0.05) is 12.5 Å². The van der Waals surface area contributed by atoms with Gasteiger partial charge in [-0.3, -0.25) is 0 Å². The van der Waals surface area contributed by atoms with Gasteiger partial charge in [0.1, 0.15) is 5.69 Å². The molecule has 0 fully saturated rings. The van der Waals surface area contributed by atoms with E-state index in [1.54, 1.807) is 0 Å². The van der Waals surface area contributed by atoms with Crippen molar-refractivity contribution in [1.82, 2.24) is 29.5 Å². The van der Waals surface area contributed by atoms with Crippen LogP contribution in [0.15, 0.2) is 23.5 Å². The highest BCUT2D eigenvalue weighted by Crippen LogP contribution is 2.17. The first kappa shape index (κ1) is 13.3. The lowest BCUT2D eigenvalue weighted by Crippen LogP contribution is -2.11. The van der Waals surface area contributed by atoms with E-state index in [-0.39, 0.29) is 23.2 Å². The second-order valence-corrected chi connectivity index (χ2v) is 6.03. The van der Waals surface area contributed by atoms with Gasteiger partial charge in [-0.05, 0) is 12.1 Å². The third-order valence-corrected chi connectivity index (χ3v) is 3.36. The lowest BCUT2D eigenvalue weighted by molar-refractivity contribution is 0.592. The van der Waals surface area contributed by atoms with E-state index >= 15 is 0 Å². The zero-order chi connectivity index (χ0) is 15.2. The minimum Gasteiger partial charge on any atom is -0.368 e. The molecule has 0 saturated heterocycles. The third-order valence-electron chi connectivity index (χ3n) is 2.51. The highest BCUT2D eigenvalue weighted by Gasteiger charge is 2.19. The average molecular weight is 309 g/mol. The van der Waals surface area contributed by atoms with Crippen LogP contribution in [0.4, 0.5) is 10.3 Å². The molecule has 3 aromatic rings. The SMILES string of the molecule is CS(=O)(=O)c1nc(N)n2nc(-c3ncccc3F)nc2n1. The average Bonchev–Trinajstić information content (AvgIpc) is 2.82. The van der Waals surface area contributed by atoms with E-state index in [4.69, 9.17) is 5.73 Å². The van der Waals surface area contributed by atoms with E-state index in [0.29, 0.717) is 0 Å². The minimum atomic E-state index is -3.65. The van der Waals surface area contributed by atoms with Gasteiger partial charge in [0.25, 0.3) is 10.9 Å². The Morgan fingerprint density at radius 2 is 2.05 bits per heavy atom. The number of sulfone groups is 1. The second-order valence-electron chi connectivity index (χ2n) is 4.12. The van der Waals surface area contributed by atoms with Crippen molar-refractivity contribution < 1.29 is 12.8 Å². The van der Waals surface area contributed by atoms with Gasteiger partial charge in [0.05, 0.1) is 0 Å². The van der Waals surface area contributed by atoms with Crippen LogP contribution >= 0.6 is 0 Å². The standard InChI is InChI=1S/C10H8FN7O2S/c1-21(19,20)10-15-8(12)18-9(16-10)14-7(17-18)6-5(11)3-2-4-13-6/h2-4H,1H3,(H2,12,14,15,16,17). The monoisotopic (exact) mass is 309 g/mol. The molecule has 3 heterocycles. The number of pyridine rings is 1. The number of halogens is 1. The van der Waals surface area contributed by atoms with Gasteiger partial charge in [0.2, 0.25) is 21.6 Å². The van der Waals surface area contributed by atoms with Crippen molar-refractivity contribution in [3.05, 3.63) is 24.1 Å². The van der Waals surface area contributed by atoms with Crippen LogP contribution in [0.2, 0.25) is 0 Å². The summed E-state index contributed by atoms with van der Waals surface area (Å²) in [7, 11) is -3.65. The number of nitrogen functional groups attached to an aromatic ring is 1. The molecule has 21 heavy (non-hydrogen) atoms. The molecule has 0 radical (unpaired) electrons. The summed E-state index contributed by atoms with van der Waals surface area (Å²) >= 11 is 0. The third kappa shape index (κ3) is 2.27. The molecule has 11 heteroatoms. The maximum absolute atomic E-state index is 13.7. The number of anilines is 1. The van der Waals surface area contributed by atoms with Gasteiger partial charge in [-0.1, -0.05) is 0 Å². The molecule has 0 unspecified atom stereocenters. The van der Waals surface area contributed by atoms with Crippen LogP contribution in [0, 0.1) is 5.82 Å². The predicted octanol–water partition coefficient (Wildman–Crippen LogP) is -0.294. The molecule has 0 bridgehead atoms. The van der Waals surface area contributed by atoms with Crippen molar-refractivity contribution in [3.63, 3.8) is 0 Å². The first-order valence-electron chi connectivity index (χ1n) is 5.57. The summed E-state index contributed by atoms with van der Waals surface area (Å²) in [4.78, 5) is 15.1. The van der Waals surface area contributed by atoms with Crippen molar-refractivity contribution in [2.75, 3.05) is 12.0 Å². The zero-order valence-corrected chi connectivity index (χ0v) is 11.4. The smallest absolute Gasteiger partial charge is 0.258 e. The Hall–Kier alpha value is -2.69. The van der Waals surface area contributed by atoms with Crippen LogP contribution in [0.3, 0.4) is 0 Å². The molecule has 3 aromatic heterocycles. The van der Waals surface area contributed by atoms with Crippen LogP contribution in [0.5, 0.6) is 0 Å². The van der Waals surface area contributed by atoms with Crippen LogP contribution < -0.4 is 5.73 Å². The van der Waals surface area contributed by atoms with Gasteiger partial charge in [-0.15, -0.1) is 5.10 Å². The highest BCUT2D eigenvalue weighted by atomic mass is 32.2. The number of hydrogen-bond donors (Lipinski definition) is 1. The summed E-state index contributed by atoms with van der Waals surface area (Å²) in [6.07, 6.45) is 2.31. The zero-order valence-electron chi connectivity index (χ0n) is 10.6. The molecular weight excluding hydrogens is 301 g/mol. The number of aromatic nitrogens is 6. The first-order chi connectivity index (χ1) is 9.86. The lowest BCUT2D eigenvalue weighted by Gasteiger charge is -1.99. The number of fused-ring (bicyclic) bond motifs is 1. The minimum absolute atomic E-state index is 0.0697. The Morgan fingerprint density at radius 3 is 2.71 bits per heavy atom. The molecule has 0 aromatic carbocycles. The van der Waals surface area contributed by atoms with Gasteiger partial charge in [0.15, 0.2) is 5.82 Å². The van der Waals surface area contributed by atoms with E-state index in [1.165, 1.54) is 18.3 Å². The molecule has 0 atom stereocenters. The van der Waals surface area contributed by atoms with Crippen molar-refractivity contribution >= 4 is 21.6 Å². The molecule has 3 rings (SSSR count). The van der Waals surface area contributed by atoms with Crippen molar-refractivity contribution in [2.45, 2.75) is 5.16 Å². The van der Waals surface area contributed by atoms with Gasteiger partial charge in [-0.2, -0.15) is 19.5 Å². The molecular formula is C10H8FN7O2S.